The molecule has 0 radical (unpaired) electrons. The first-order chi connectivity index (χ1) is 15.2. The van der Waals surface area contributed by atoms with Gasteiger partial charge in [-0.15, -0.1) is 0 Å². The number of halogens is 1. The SMILES string of the molecule is CC(=O)N1c2ccc(S(=O)(=O)N3CCC[C@H](C(=O)Nc4cccc(F)c4)C3)cc2C[C@@H]1C. The van der Waals surface area contributed by atoms with Crippen LogP contribution in [0.5, 0.6) is 0 Å². The van der Waals surface area contributed by atoms with E-state index in [4.69, 9.17) is 0 Å². The highest BCUT2D eigenvalue weighted by molar-refractivity contribution is 7.89. The van der Waals surface area contributed by atoms with E-state index in [1.54, 1.807) is 23.1 Å². The summed E-state index contributed by atoms with van der Waals surface area (Å²) >= 11 is 0. The van der Waals surface area contributed by atoms with Crippen LogP contribution in [0.15, 0.2) is 47.4 Å². The van der Waals surface area contributed by atoms with E-state index < -0.39 is 21.8 Å². The molecule has 2 aromatic rings. The van der Waals surface area contributed by atoms with Gasteiger partial charge in [0.25, 0.3) is 0 Å². The van der Waals surface area contributed by atoms with Gasteiger partial charge in [0.05, 0.1) is 10.8 Å². The fourth-order valence-electron chi connectivity index (χ4n) is 4.58. The van der Waals surface area contributed by atoms with E-state index in [0.717, 1.165) is 11.3 Å². The average molecular weight is 460 g/mol. The van der Waals surface area contributed by atoms with Crippen LogP contribution in [0.2, 0.25) is 0 Å². The van der Waals surface area contributed by atoms with Gasteiger partial charge < -0.3 is 10.2 Å². The van der Waals surface area contributed by atoms with Crippen LogP contribution in [0.25, 0.3) is 0 Å². The monoisotopic (exact) mass is 459 g/mol. The largest absolute Gasteiger partial charge is 0.326 e. The van der Waals surface area contributed by atoms with Crippen molar-refractivity contribution in [3.8, 4) is 0 Å². The first kappa shape index (κ1) is 22.4. The van der Waals surface area contributed by atoms with E-state index in [1.807, 2.05) is 6.92 Å². The summed E-state index contributed by atoms with van der Waals surface area (Å²) < 4.78 is 41.4. The first-order valence-electron chi connectivity index (χ1n) is 10.7. The molecule has 0 aliphatic carbocycles. The summed E-state index contributed by atoms with van der Waals surface area (Å²) in [5.41, 5.74) is 1.92. The van der Waals surface area contributed by atoms with Crippen LogP contribution in [0.1, 0.15) is 32.3 Å². The molecule has 7 nitrogen and oxygen atoms in total. The van der Waals surface area contributed by atoms with Crippen molar-refractivity contribution in [1.82, 2.24) is 4.31 Å². The maximum absolute atomic E-state index is 13.4. The second-order valence-corrected chi connectivity index (χ2v) is 10.4. The number of fused-ring (bicyclic) bond motifs is 1. The summed E-state index contributed by atoms with van der Waals surface area (Å²) in [6.07, 6.45) is 1.71. The van der Waals surface area contributed by atoms with Gasteiger partial charge in [-0.1, -0.05) is 6.07 Å². The number of piperidine rings is 1. The molecule has 2 aromatic carbocycles. The minimum absolute atomic E-state index is 0.0219. The van der Waals surface area contributed by atoms with Crippen molar-refractivity contribution in [2.24, 2.45) is 5.92 Å². The minimum Gasteiger partial charge on any atom is -0.326 e. The molecule has 1 N–H and O–H groups in total. The van der Waals surface area contributed by atoms with E-state index in [1.165, 1.54) is 35.5 Å². The molecule has 2 amide bonds. The van der Waals surface area contributed by atoms with Crippen LogP contribution in [0, 0.1) is 11.7 Å². The molecule has 2 heterocycles. The highest BCUT2D eigenvalue weighted by atomic mass is 32.2. The third-order valence-electron chi connectivity index (χ3n) is 6.09. The first-order valence-corrected chi connectivity index (χ1v) is 12.1. The quantitative estimate of drug-likeness (QED) is 0.761. The lowest BCUT2D eigenvalue weighted by Crippen LogP contribution is -2.43. The maximum atomic E-state index is 13.4. The number of sulfonamides is 1. The molecule has 170 valence electrons. The third-order valence-corrected chi connectivity index (χ3v) is 7.95. The zero-order chi connectivity index (χ0) is 23.0. The Labute approximate surface area is 187 Å². The molecular formula is C23H26FN3O4S. The summed E-state index contributed by atoms with van der Waals surface area (Å²) in [4.78, 5) is 26.5. The molecular weight excluding hydrogens is 433 g/mol. The van der Waals surface area contributed by atoms with E-state index in [2.05, 4.69) is 5.32 Å². The Morgan fingerprint density at radius 1 is 1.16 bits per heavy atom. The number of carbonyl (C=O) groups excluding carboxylic acids is 2. The lowest BCUT2D eigenvalue weighted by molar-refractivity contribution is -0.121. The molecule has 2 aliphatic rings. The van der Waals surface area contributed by atoms with Crippen molar-refractivity contribution >= 4 is 33.2 Å². The fraction of sp³-hybridized carbons (Fsp3) is 0.391. The van der Waals surface area contributed by atoms with Crippen molar-refractivity contribution in [3.63, 3.8) is 0 Å². The topological polar surface area (TPSA) is 86.8 Å². The van der Waals surface area contributed by atoms with Crippen LogP contribution in [0.4, 0.5) is 15.8 Å². The van der Waals surface area contributed by atoms with E-state index in [-0.39, 0.29) is 29.3 Å². The van der Waals surface area contributed by atoms with Crippen LogP contribution in [-0.4, -0.2) is 43.7 Å². The Bertz CT molecular complexity index is 1170. The molecule has 0 aromatic heterocycles. The number of carbonyl (C=O) groups is 2. The normalized spacial score (nSPS) is 21.3. The summed E-state index contributed by atoms with van der Waals surface area (Å²) in [5, 5.41) is 2.68. The summed E-state index contributed by atoms with van der Waals surface area (Å²) in [5.74, 6) is -1.38. The Morgan fingerprint density at radius 3 is 2.66 bits per heavy atom. The molecule has 0 saturated carbocycles. The van der Waals surface area contributed by atoms with E-state index in [0.29, 0.717) is 31.5 Å². The lowest BCUT2D eigenvalue weighted by atomic mass is 9.99. The van der Waals surface area contributed by atoms with Crippen molar-refractivity contribution < 1.29 is 22.4 Å². The average Bonchev–Trinajstić information content (AvgIpc) is 3.09. The van der Waals surface area contributed by atoms with Gasteiger partial charge in [-0.2, -0.15) is 4.31 Å². The van der Waals surface area contributed by atoms with Gasteiger partial charge in [-0.3, -0.25) is 9.59 Å². The number of rotatable bonds is 4. The second-order valence-electron chi connectivity index (χ2n) is 8.43. The Hall–Kier alpha value is -2.78. The second kappa shape index (κ2) is 8.63. The van der Waals surface area contributed by atoms with Gasteiger partial charge in [0, 0.05) is 37.4 Å². The smallest absolute Gasteiger partial charge is 0.243 e. The van der Waals surface area contributed by atoms with E-state index in [9.17, 15) is 22.4 Å². The minimum atomic E-state index is -3.79. The van der Waals surface area contributed by atoms with Gasteiger partial charge in [0.15, 0.2) is 0 Å². The Kier molecular flexibility index (Phi) is 6.05. The predicted molar refractivity (Wildman–Crippen MR) is 119 cm³/mol. The van der Waals surface area contributed by atoms with Gasteiger partial charge in [-0.05, 0) is 68.1 Å². The van der Waals surface area contributed by atoms with Crippen molar-refractivity contribution in [1.29, 1.82) is 0 Å². The molecule has 9 heteroatoms. The number of amides is 2. The van der Waals surface area contributed by atoms with Crippen molar-refractivity contribution in [3.05, 3.63) is 53.8 Å². The van der Waals surface area contributed by atoms with Gasteiger partial charge in [0.1, 0.15) is 5.82 Å². The predicted octanol–water partition coefficient (Wildman–Crippen LogP) is 3.16. The standard InChI is InChI=1S/C23H26FN3O4S/c1-15-11-18-12-21(8-9-22(18)27(15)16(2)28)32(30,31)26-10-4-5-17(14-26)23(29)25-20-7-3-6-19(24)13-20/h3,6-9,12-13,15,17H,4-5,10-11,14H2,1-2H3,(H,25,29)/t15-,17-/m0/s1. The number of hydrogen-bond acceptors (Lipinski definition) is 4. The molecule has 1 saturated heterocycles. The number of hydrogen-bond donors (Lipinski definition) is 1. The maximum Gasteiger partial charge on any atom is 0.243 e. The van der Waals surface area contributed by atoms with Crippen LogP contribution < -0.4 is 10.2 Å². The molecule has 4 rings (SSSR count). The van der Waals surface area contributed by atoms with Crippen molar-refractivity contribution in [2.45, 2.75) is 44.0 Å². The zero-order valence-electron chi connectivity index (χ0n) is 18.0. The molecule has 0 spiro atoms. The highest BCUT2D eigenvalue weighted by Crippen LogP contribution is 2.35. The molecule has 2 atom stereocenters. The molecule has 0 bridgehead atoms. The number of benzene rings is 2. The highest BCUT2D eigenvalue weighted by Gasteiger charge is 2.35. The summed E-state index contributed by atoms with van der Waals surface area (Å²) in [6, 6.07) is 10.4. The zero-order valence-corrected chi connectivity index (χ0v) is 18.9. The van der Waals surface area contributed by atoms with Crippen LogP contribution in [-0.2, 0) is 26.0 Å². The third kappa shape index (κ3) is 4.27. The number of nitrogens with one attached hydrogen (secondary N) is 1. The van der Waals surface area contributed by atoms with Gasteiger partial charge in [0.2, 0.25) is 21.8 Å². The molecule has 32 heavy (non-hydrogen) atoms. The van der Waals surface area contributed by atoms with E-state index >= 15 is 0 Å². The lowest BCUT2D eigenvalue weighted by Gasteiger charge is -2.31. The Balaban J connectivity index is 1.51. The molecule has 2 aliphatic heterocycles. The molecule has 0 unspecified atom stereocenters. The summed E-state index contributed by atoms with van der Waals surface area (Å²) in [7, 11) is -3.79. The van der Waals surface area contributed by atoms with Gasteiger partial charge >= 0.3 is 0 Å². The number of anilines is 2. The Morgan fingerprint density at radius 2 is 1.94 bits per heavy atom. The number of nitrogens with zero attached hydrogens (tertiary/aromatic N) is 2. The van der Waals surface area contributed by atoms with Crippen LogP contribution >= 0.6 is 0 Å². The fourth-order valence-corrected chi connectivity index (χ4v) is 6.16. The summed E-state index contributed by atoms with van der Waals surface area (Å²) in [6.45, 7) is 3.83. The molecule has 1 fully saturated rings. The van der Waals surface area contributed by atoms with Crippen LogP contribution in [0.3, 0.4) is 0 Å². The van der Waals surface area contributed by atoms with Gasteiger partial charge in [-0.25, -0.2) is 12.8 Å². The van der Waals surface area contributed by atoms with Crippen molar-refractivity contribution in [2.75, 3.05) is 23.3 Å².